The molecule has 3 atom stereocenters. The Morgan fingerprint density at radius 3 is 2.85 bits per heavy atom. The molecule has 0 spiro atoms. The lowest BCUT2D eigenvalue weighted by Crippen LogP contribution is -2.57. The minimum atomic E-state index is -0.349. The van der Waals surface area contributed by atoms with Gasteiger partial charge in [-0.25, -0.2) is 0 Å². The summed E-state index contributed by atoms with van der Waals surface area (Å²) in [7, 11) is 0. The smallest absolute Gasteiger partial charge is 0.212 e. The fourth-order valence-corrected chi connectivity index (χ4v) is 5.78. The monoisotopic (exact) mass is 362 g/mol. The van der Waals surface area contributed by atoms with Crippen LogP contribution in [0.25, 0.3) is 16.6 Å². The normalized spacial score (nSPS) is 29.1. The van der Waals surface area contributed by atoms with Gasteiger partial charge in [0.15, 0.2) is 12.6 Å². The molecule has 27 heavy (non-hydrogen) atoms. The molecule has 3 aliphatic rings. The predicted octanol–water partition coefficient (Wildman–Crippen LogP) is 2.92. The Hall–Kier alpha value is -2.53. The fourth-order valence-electron chi connectivity index (χ4n) is 5.78. The van der Waals surface area contributed by atoms with Crippen LogP contribution < -0.4 is 0 Å². The highest BCUT2D eigenvalue weighted by atomic mass is 16.2. The number of nitrogens with zero attached hydrogens (tertiary/aromatic N) is 2. The van der Waals surface area contributed by atoms with Gasteiger partial charge in [0.25, 0.3) is 0 Å². The van der Waals surface area contributed by atoms with Crippen LogP contribution in [-0.2, 0) is 20.8 Å². The Morgan fingerprint density at radius 1 is 1.30 bits per heavy atom. The number of benzene rings is 1. The molecule has 138 valence electrons. The molecule has 0 amide bonds. The quantitative estimate of drug-likeness (QED) is 0.620. The number of carbonyl (C=O) groups excluding carboxylic acids is 3. The second-order valence-electron chi connectivity index (χ2n) is 7.96. The lowest BCUT2D eigenvalue weighted by atomic mass is 9.64. The molecule has 1 unspecified atom stereocenters. The van der Waals surface area contributed by atoms with Crippen LogP contribution in [0.1, 0.15) is 43.5 Å². The van der Waals surface area contributed by atoms with Gasteiger partial charge in [-0.2, -0.15) is 0 Å². The third-order valence-electron chi connectivity index (χ3n) is 6.98. The summed E-state index contributed by atoms with van der Waals surface area (Å²) in [6.07, 6.45) is 6.77. The summed E-state index contributed by atoms with van der Waals surface area (Å²) >= 11 is 0. The number of hydrogen-bond acceptors (Lipinski definition) is 4. The van der Waals surface area contributed by atoms with E-state index in [9.17, 15) is 14.4 Å². The molecule has 4 heterocycles. The molecule has 2 aromatic rings. The van der Waals surface area contributed by atoms with Gasteiger partial charge < -0.3 is 4.57 Å². The lowest BCUT2D eigenvalue weighted by molar-refractivity contribution is -0.138. The molecule has 3 aliphatic heterocycles. The van der Waals surface area contributed by atoms with E-state index in [1.54, 1.807) is 0 Å². The third-order valence-corrected chi connectivity index (χ3v) is 6.98. The first kappa shape index (κ1) is 16.6. The number of aldehydes is 2. The van der Waals surface area contributed by atoms with Gasteiger partial charge in [-0.3, -0.25) is 19.3 Å². The number of allylic oxidation sites excluding steroid dienone is 1. The van der Waals surface area contributed by atoms with Crippen molar-refractivity contribution in [1.82, 2.24) is 9.47 Å². The molecule has 5 heteroatoms. The minimum absolute atomic E-state index is 0.0324. The number of hydrogen-bond donors (Lipinski definition) is 0. The molecule has 0 bridgehead atoms. The zero-order valence-electron chi connectivity index (χ0n) is 15.4. The van der Waals surface area contributed by atoms with E-state index in [0.717, 1.165) is 43.3 Å². The molecule has 0 N–H and O–H groups in total. The molecule has 5 nitrogen and oxygen atoms in total. The van der Waals surface area contributed by atoms with Crippen molar-refractivity contribution in [3.63, 3.8) is 0 Å². The van der Waals surface area contributed by atoms with Crippen molar-refractivity contribution >= 4 is 35.0 Å². The number of carbonyl (C=O) groups is 3. The number of ketones is 1. The van der Waals surface area contributed by atoms with E-state index < -0.39 is 0 Å². The summed E-state index contributed by atoms with van der Waals surface area (Å²) < 4.78 is 2.09. The number of piperidine rings is 1. The first-order chi connectivity index (χ1) is 13.1. The Bertz CT molecular complexity index is 1020. The molecular formula is C22H22N2O3. The van der Waals surface area contributed by atoms with E-state index in [1.165, 1.54) is 10.9 Å². The average molecular weight is 362 g/mol. The van der Waals surface area contributed by atoms with Crippen LogP contribution >= 0.6 is 0 Å². The Morgan fingerprint density at radius 2 is 2.11 bits per heavy atom. The summed E-state index contributed by atoms with van der Waals surface area (Å²) in [5.74, 6) is -0.323. The van der Waals surface area contributed by atoms with Gasteiger partial charge in [0.1, 0.15) is 0 Å². The van der Waals surface area contributed by atoms with E-state index in [-0.39, 0.29) is 23.3 Å². The van der Waals surface area contributed by atoms with Crippen LogP contribution in [0.5, 0.6) is 0 Å². The zero-order chi connectivity index (χ0) is 18.8. The van der Waals surface area contributed by atoms with Gasteiger partial charge >= 0.3 is 0 Å². The van der Waals surface area contributed by atoms with Crippen molar-refractivity contribution in [2.75, 3.05) is 6.54 Å². The SMILES string of the molecule is CC[C@@]12C=C(C=O)n3c4c(c5ccccc53)CCN(C(C(=O)C=O)CC1)[C@H]42. The second kappa shape index (κ2) is 5.73. The highest BCUT2D eigenvalue weighted by Gasteiger charge is 2.53. The Balaban J connectivity index is 1.82. The van der Waals surface area contributed by atoms with Crippen LogP contribution in [-0.4, -0.2) is 40.4 Å². The van der Waals surface area contributed by atoms with Crippen LogP contribution in [0.15, 0.2) is 30.3 Å². The van der Waals surface area contributed by atoms with Crippen molar-refractivity contribution in [2.45, 2.75) is 44.7 Å². The van der Waals surface area contributed by atoms with E-state index in [1.807, 2.05) is 12.1 Å². The zero-order valence-corrected chi connectivity index (χ0v) is 15.4. The summed E-state index contributed by atoms with van der Waals surface area (Å²) in [5, 5.41) is 1.19. The largest absolute Gasteiger partial charge is 0.309 e. The fraction of sp³-hybridized carbons (Fsp3) is 0.409. The average Bonchev–Trinajstić information content (AvgIpc) is 3.06. The van der Waals surface area contributed by atoms with Crippen molar-refractivity contribution in [3.8, 4) is 0 Å². The molecule has 5 rings (SSSR count). The number of rotatable bonds is 4. The molecule has 0 saturated carbocycles. The van der Waals surface area contributed by atoms with Crippen molar-refractivity contribution in [2.24, 2.45) is 5.41 Å². The molecule has 1 aromatic carbocycles. The van der Waals surface area contributed by atoms with E-state index in [0.29, 0.717) is 18.4 Å². The van der Waals surface area contributed by atoms with Crippen molar-refractivity contribution in [1.29, 1.82) is 0 Å². The number of para-hydroxylation sites is 1. The van der Waals surface area contributed by atoms with Gasteiger partial charge in [0.05, 0.1) is 23.3 Å². The molecule has 0 radical (unpaired) electrons. The van der Waals surface area contributed by atoms with Gasteiger partial charge in [-0.05, 0) is 43.4 Å². The van der Waals surface area contributed by atoms with E-state index in [4.69, 9.17) is 0 Å². The summed E-state index contributed by atoms with van der Waals surface area (Å²) in [5.41, 5.74) is 4.02. The second-order valence-corrected chi connectivity index (χ2v) is 7.96. The first-order valence-electron chi connectivity index (χ1n) is 9.70. The highest BCUT2D eigenvalue weighted by molar-refractivity contribution is 6.27. The maximum atomic E-state index is 12.3. The van der Waals surface area contributed by atoms with Gasteiger partial charge in [0.2, 0.25) is 5.78 Å². The summed E-state index contributed by atoms with van der Waals surface area (Å²) in [6.45, 7) is 2.92. The van der Waals surface area contributed by atoms with E-state index >= 15 is 0 Å². The topological polar surface area (TPSA) is 59.4 Å². The number of Topliss-reactive ketones (excluding diaryl/α,β-unsaturated/α-hetero) is 1. The third kappa shape index (κ3) is 2.00. The van der Waals surface area contributed by atoms with Crippen LogP contribution in [0.3, 0.4) is 0 Å². The van der Waals surface area contributed by atoms with Gasteiger partial charge in [-0.1, -0.05) is 25.1 Å². The first-order valence-corrected chi connectivity index (χ1v) is 9.70. The molecule has 1 saturated heterocycles. The van der Waals surface area contributed by atoms with Crippen LogP contribution in [0, 0.1) is 5.41 Å². The minimum Gasteiger partial charge on any atom is -0.309 e. The van der Waals surface area contributed by atoms with Gasteiger partial charge in [0, 0.05) is 23.0 Å². The predicted molar refractivity (Wildman–Crippen MR) is 102 cm³/mol. The lowest BCUT2D eigenvalue weighted by Gasteiger charge is -2.55. The molecule has 0 aliphatic carbocycles. The van der Waals surface area contributed by atoms with Crippen molar-refractivity contribution < 1.29 is 14.4 Å². The Kier molecular flexibility index (Phi) is 3.53. The Labute approximate surface area is 157 Å². The van der Waals surface area contributed by atoms with Crippen LogP contribution in [0.4, 0.5) is 0 Å². The molecule has 1 fully saturated rings. The van der Waals surface area contributed by atoms with Crippen molar-refractivity contribution in [3.05, 3.63) is 41.6 Å². The molecule has 1 aromatic heterocycles. The summed E-state index contributed by atoms with van der Waals surface area (Å²) in [4.78, 5) is 37.8. The molecular weight excluding hydrogens is 340 g/mol. The number of aromatic nitrogens is 1. The highest BCUT2D eigenvalue weighted by Crippen LogP contribution is 2.57. The maximum Gasteiger partial charge on any atom is 0.212 e. The van der Waals surface area contributed by atoms with E-state index in [2.05, 4.69) is 34.6 Å². The number of fused-ring (bicyclic) bond motifs is 3. The van der Waals surface area contributed by atoms with Crippen LogP contribution in [0.2, 0.25) is 0 Å². The summed E-state index contributed by atoms with van der Waals surface area (Å²) in [6, 6.07) is 7.90. The maximum absolute atomic E-state index is 12.3. The standard InChI is InChI=1S/C22H22N2O3/c1-2-22-9-7-18(19(27)13-26)23-10-8-16-15-5-3-4-6-17(15)24(14(11-22)12-25)20(16)21(22)23/h3-6,11-13,18,21H,2,7-10H2,1H3/t18?,21-,22+/m1/s1. The van der Waals surface area contributed by atoms with Gasteiger partial charge in [-0.15, -0.1) is 0 Å².